The maximum Gasteiger partial charge on any atom is 0.260 e. The molecule has 4 N–H and O–H groups in total. The van der Waals surface area contributed by atoms with Gasteiger partial charge in [0.15, 0.2) is 10.8 Å². The molecular formula is C11H17N5O2S2. The van der Waals surface area contributed by atoms with E-state index < -0.39 is 10.0 Å². The number of hydrazine groups is 1. The largest absolute Gasteiger partial charge is 0.306 e. The molecule has 20 heavy (non-hydrogen) atoms. The van der Waals surface area contributed by atoms with E-state index in [9.17, 15) is 8.42 Å². The van der Waals surface area contributed by atoms with Crippen molar-refractivity contribution in [3.8, 4) is 0 Å². The molecule has 0 amide bonds. The average Bonchev–Trinajstić information content (AvgIpc) is 2.84. The van der Waals surface area contributed by atoms with Crippen LogP contribution < -0.4 is 16.0 Å². The average molecular weight is 315 g/mol. The molecule has 0 aromatic carbocycles. The lowest BCUT2D eigenvalue weighted by molar-refractivity contribution is 0.577. The van der Waals surface area contributed by atoms with Gasteiger partial charge in [0.2, 0.25) is 0 Å². The minimum absolute atomic E-state index is 0.0175. The fraction of sp³-hybridized carbons (Fsp3) is 0.364. The maximum atomic E-state index is 12.4. The summed E-state index contributed by atoms with van der Waals surface area (Å²) in [7, 11) is -3.70. The normalized spacial score (nSPS) is 13.6. The molecule has 2 aromatic heterocycles. The summed E-state index contributed by atoms with van der Waals surface area (Å²) < 4.78 is 28.9. The summed E-state index contributed by atoms with van der Waals surface area (Å²) in [4.78, 5) is 4.15. The van der Waals surface area contributed by atoms with Crippen molar-refractivity contribution in [3.63, 3.8) is 0 Å². The number of fused-ring (bicyclic) bond motifs is 1. The van der Waals surface area contributed by atoms with Crippen molar-refractivity contribution in [3.05, 3.63) is 24.4 Å². The van der Waals surface area contributed by atoms with Crippen molar-refractivity contribution in [2.75, 3.05) is 18.2 Å². The Morgan fingerprint density at radius 2 is 2.25 bits per heavy atom. The van der Waals surface area contributed by atoms with Crippen LogP contribution in [0.3, 0.4) is 0 Å². The minimum Gasteiger partial charge on any atom is -0.306 e. The summed E-state index contributed by atoms with van der Waals surface area (Å²) >= 11 is 1.59. The number of hydrogen-bond acceptors (Lipinski definition) is 6. The molecule has 0 saturated carbocycles. The lowest BCUT2D eigenvalue weighted by atomic mass is 10.5. The van der Waals surface area contributed by atoms with Crippen molar-refractivity contribution in [1.29, 1.82) is 0 Å². The van der Waals surface area contributed by atoms with Crippen LogP contribution >= 0.6 is 11.8 Å². The molecule has 110 valence electrons. The van der Waals surface area contributed by atoms with Crippen LogP contribution in [0.2, 0.25) is 0 Å². The van der Waals surface area contributed by atoms with Gasteiger partial charge in [0.1, 0.15) is 5.65 Å². The van der Waals surface area contributed by atoms with Gasteiger partial charge in [-0.2, -0.15) is 11.8 Å². The number of thioether (sulfide) groups is 1. The number of imidazole rings is 1. The zero-order valence-corrected chi connectivity index (χ0v) is 12.8. The quantitative estimate of drug-likeness (QED) is 0.534. The molecule has 0 saturated heterocycles. The van der Waals surface area contributed by atoms with Crippen molar-refractivity contribution >= 4 is 33.3 Å². The number of hydrogen-bond donors (Lipinski definition) is 3. The van der Waals surface area contributed by atoms with Gasteiger partial charge in [-0.1, -0.05) is 13.0 Å². The summed E-state index contributed by atoms with van der Waals surface area (Å²) in [5, 5.41) is 0.196. The summed E-state index contributed by atoms with van der Waals surface area (Å²) in [6, 6.07) is 5.23. The second-order valence-electron chi connectivity index (χ2n) is 4.24. The summed E-state index contributed by atoms with van der Waals surface area (Å²) in [6.45, 7) is 2.29. The number of pyridine rings is 1. The smallest absolute Gasteiger partial charge is 0.260 e. The molecule has 0 radical (unpaired) electrons. The highest BCUT2D eigenvalue weighted by molar-refractivity contribution is 7.99. The summed E-state index contributed by atoms with van der Waals surface area (Å²) in [5.74, 6) is 5.50. The predicted octanol–water partition coefficient (Wildman–Crippen LogP) is 0.650. The van der Waals surface area contributed by atoms with Crippen LogP contribution in [0.5, 0.6) is 0 Å². The first-order valence-corrected chi connectivity index (χ1v) is 8.73. The van der Waals surface area contributed by atoms with Crippen LogP contribution in [0.25, 0.3) is 5.65 Å². The lowest BCUT2D eigenvalue weighted by Crippen LogP contribution is -2.31. The molecule has 2 rings (SSSR count). The van der Waals surface area contributed by atoms with E-state index in [0.29, 0.717) is 12.2 Å². The molecule has 0 aliphatic heterocycles. The highest BCUT2D eigenvalue weighted by atomic mass is 32.2. The number of anilines is 1. The molecule has 1 atom stereocenters. The summed E-state index contributed by atoms with van der Waals surface area (Å²) in [6.07, 6.45) is 3.57. The first-order chi connectivity index (χ1) is 9.49. The molecule has 1 unspecified atom stereocenters. The SMILES string of the molecule is CSC(C)CNS(=O)(=O)c1c(NN)nc2ccccn12. The molecule has 7 nitrogen and oxygen atoms in total. The van der Waals surface area contributed by atoms with Crippen molar-refractivity contribution in [2.45, 2.75) is 17.2 Å². The van der Waals surface area contributed by atoms with Crippen molar-refractivity contribution in [2.24, 2.45) is 5.84 Å². The first-order valence-electron chi connectivity index (χ1n) is 5.95. The van der Waals surface area contributed by atoms with E-state index in [1.165, 1.54) is 4.40 Å². The van der Waals surface area contributed by atoms with Crippen LogP contribution in [-0.4, -0.2) is 35.9 Å². The molecule has 0 aliphatic rings. The maximum absolute atomic E-state index is 12.4. The lowest BCUT2D eigenvalue weighted by Gasteiger charge is -2.11. The van der Waals surface area contributed by atoms with Gasteiger partial charge in [0.05, 0.1) is 0 Å². The highest BCUT2D eigenvalue weighted by Crippen LogP contribution is 2.21. The van der Waals surface area contributed by atoms with Gasteiger partial charge >= 0.3 is 0 Å². The number of nitrogen functional groups attached to an aromatic ring is 1. The molecule has 0 bridgehead atoms. The van der Waals surface area contributed by atoms with Gasteiger partial charge in [0.25, 0.3) is 10.0 Å². The fourth-order valence-electron chi connectivity index (χ4n) is 1.70. The van der Waals surface area contributed by atoms with Crippen LogP contribution in [0.1, 0.15) is 6.92 Å². The van der Waals surface area contributed by atoms with Gasteiger partial charge in [0, 0.05) is 18.0 Å². The van der Waals surface area contributed by atoms with E-state index in [0.717, 1.165) is 0 Å². The van der Waals surface area contributed by atoms with E-state index in [1.807, 2.05) is 13.2 Å². The Kier molecular flexibility index (Phi) is 4.53. The topological polar surface area (TPSA) is 102 Å². The van der Waals surface area contributed by atoms with Crippen LogP contribution in [0, 0.1) is 0 Å². The standard InChI is InChI=1S/C11H17N5O2S2/c1-8(19-2)7-13-20(17,18)11-10(15-12)14-9-5-3-4-6-16(9)11/h3-6,8,13,15H,7,12H2,1-2H3. The van der Waals surface area contributed by atoms with E-state index in [2.05, 4.69) is 15.1 Å². The number of nitrogens with zero attached hydrogens (tertiary/aromatic N) is 2. The van der Waals surface area contributed by atoms with Gasteiger partial charge in [-0.25, -0.2) is 24.0 Å². The molecule has 2 aromatic rings. The number of nitrogens with two attached hydrogens (primary N) is 1. The predicted molar refractivity (Wildman–Crippen MR) is 81.2 cm³/mol. The van der Waals surface area contributed by atoms with Crippen LogP contribution in [0.15, 0.2) is 29.4 Å². The Bertz CT molecular complexity index is 698. The molecule has 0 spiro atoms. The van der Waals surface area contributed by atoms with Gasteiger partial charge in [-0.15, -0.1) is 0 Å². The summed E-state index contributed by atoms with van der Waals surface area (Å²) in [5.41, 5.74) is 2.85. The van der Waals surface area contributed by atoms with Gasteiger partial charge in [-0.05, 0) is 18.4 Å². The van der Waals surface area contributed by atoms with E-state index in [1.54, 1.807) is 36.2 Å². The zero-order chi connectivity index (χ0) is 14.8. The van der Waals surface area contributed by atoms with E-state index in [4.69, 9.17) is 5.84 Å². The Morgan fingerprint density at radius 1 is 1.50 bits per heavy atom. The number of aromatic nitrogens is 2. The third-order valence-electron chi connectivity index (χ3n) is 2.84. The Morgan fingerprint density at radius 3 is 2.90 bits per heavy atom. The Labute approximate surface area is 122 Å². The fourth-order valence-corrected chi connectivity index (χ4v) is 3.44. The van der Waals surface area contributed by atoms with E-state index in [-0.39, 0.29) is 16.1 Å². The molecule has 9 heteroatoms. The number of nitrogens with one attached hydrogen (secondary N) is 2. The Balaban J connectivity index is 2.45. The minimum atomic E-state index is -3.70. The number of rotatable bonds is 6. The number of sulfonamides is 1. The van der Waals surface area contributed by atoms with Gasteiger partial charge < -0.3 is 5.43 Å². The van der Waals surface area contributed by atoms with Gasteiger partial charge in [-0.3, -0.25) is 4.40 Å². The second-order valence-corrected chi connectivity index (χ2v) is 7.20. The zero-order valence-electron chi connectivity index (χ0n) is 11.2. The Hall–Kier alpha value is -1.29. The monoisotopic (exact) mass is 315 g/mol. The second kappa shape index (κ2) is 6.00. The highest BCUT2D eigenvalue weighted by Gasteiger charge is 2.25. The molecule has 0 aliphatic carbocycles. The third-order valence-corrected chi connectivity index (χ3v) is 5.26. The first kappa shape index (κ1) is 15.1. The van der Waals surface area contributed by atoms with Crippen LogP contribution in [0.4, 0.5) is 5.82 Å². The molecular weight excluding hydrogens is 298 g/mol. The molecule has 2 heterocycles. The van der Waals surface area contributed by atoms with Crippen molar-refractivity contribution in [1.82, 2.24) is 14.1 Å². The molecule has 0 fully saturated rings. The van der Waals surface area contributed by atoms with E-state index >= 15 is 0 Å². The third kappa shape index (κ3) is 2.90. The van der Waals surface area contributed by atoms with Crippen LogP contribution in [-0.2, 0) is 10.0 Å². The van der Waals surface area contributed by atoms with Crippen molar-refractivity contribution < 1.29 is 8.42 Å².